The minimum Gasteiger partial charge on any atom is -0.384 e. The molecule has 0 bridgehead atoms. The molecule has 5 nitrogen and oxygen atoms in total. The Hall–Kier alpha value is -1.36. The van der Waals surface area contributed by atoms with Gasteiger partial charge in [0.25, 0.3) is 0 Å². The minimum atomic E-state index is 0.291. The van der Waals surface area contributed by atoms with E-state index >= 15 is 0 Å². The maximum Gasteiger partial charge on any atom is 0.131 e. The molecular weight excluding hydrogens is 202 g/mol. The summed E-state index contributed by atoms with van der Waals surface area (Å²) in [5.41, 5.74) is 5.89. The van der Waals surface area contributed by atoms with Crippen LogP contribution in [0.3, 0.4) is 0 Å². The van der Waals surface area contributed by atoms with Gasteiger partial charge in [-0.25, -0.2) is 9.97 Å². The molecule has 0 atom stereocenters. The van der Waals surface area contributed by atoms with Crippen molar-refractivity contribution in [1.82, 2.24) is 14.9 Å². The number of nitrogen functional groups attached to an aromatic ring is 1. The van der Waals surface area contributed by atoms with Gasteiger partial charge in [0.15, 0.2) is 0 Å². The number of aromatic nitrogens is 2. The van der Waals surface area contributed by atoms with Crippen molar-refractivity contribution in [3.8, 4) is 0 Å². The third kappa shape index (κ3) is 2.09. The van der Waals surface area contributed by atoms with Gasteiger partial charge in [0.05, 0.1) is 0 Å². The molecule has 0 amide bonds. The van der Waals surface area contributed by atoms with Gasteiger partial charge < -0.3 is 16.0 Å². The van der Waals surface area contributed by atoms with E-state index in [2.05, 4.69) is 34.3 Å². The lowest BCUT2D eigenvalue weighted by Crippen LogP contribution is -2.54. The fourth-order valence-corrected chi connectivity index (χ4v) is 2.09. The summed E-state index contributed by atoms with van der Waals surface area (Å²) in [5, 5.41) is 3.34. The Morgan fingerprint density at radius 3 is 2.69 bits per heavy atom. The van der Waals surface area contributed by atoms with E-state index in [1.54, 1.807) is 6.07 Å². The van der Waals surface area contributed by atoms with Crippen LogP contribution < -0.4 is 11.1 Å². The average molecular weight is 221 g/mol. The van der Waals surface area contributed by atoms with E-state index in [9.17, 15) is 0 Å². The number of nitrogens with zero attached hydrogens (tertiary/aromatic N) is 3. The lowest BCUT2D eigenvalue weighted by molar-refractivity contribution is 0.0738. The number of anilines is 2. The van der Waals surface area contributed by atoms with Crippen LogP contribution in [0.1, 0.15) is 19.3 Å². The van der Waals surface area contributed by atoms with Crippen molar-refractivity contribution in [2.24, 2.45) is 0 Å². The van der Waals surface area contributed by atoms with Gasteiger partial charge in [0, 0.05) is 18.2 Å². The molecule has 1 saturated carbocycles. The highest BCUT2D eigenvalue weighted by molar-refractivity contribution is 5.43. The molecule has 1 aliphatic carbocycles. The molecule has 1 fully saturated rings. The smallest absolute Gasteiger partial charge is 0.131 e. The van der Waals surface area contributed by atoms with Crippen LogP contribution in [0, 0.1) is 0 Å². The fourth-order valence-electron chi connectivity index (χ4n) is 2.09. The Labute approximate surface area is 96.1 Å². The van der Waals surface area contributed by atoms with E-state index in [-0.39, 0.29) is 0 Å². The molecule has 0 radical (unpaired) electrons. The van der Waals surface area contributed by atoms with E-state index in [0.717, 1.165) is 12.4 Å². The zero-order valence-corrected chi connectivity index (χ0v) is 9.90. The zero-order chi connectivity index (χ0) is 11.6. The highest BCUT2D eigenvalue weighted by Gasteiger charge is 2.38. The predicted molar refractivity (Wildman–Crippen MR) is 65.2 cm³/mol. The zero-order valence-electron chi connectivity index (χ0n) is 9.90. The van der Waals surface area contributed by atoms with Crippen LogP contribution in [-0.2, 0) is 0 Å². The van der Waals surface area contributed by atoms with E-state index in [0.29, 0.717) is 11.4 Å². The van der Waals surface area contributed by atoms with Gasteiger partial charge in [-0.15, -0.1) is 0 Å². The highest BCUT2D eigenvalue weighted by Crippen LogP contribution is 2.36. The van der Waals surface area contributed by atoms with Gasteiger partial charge in [-0.2, -0.15) is 0 Å². The molecule has 88 valence electrons. The largest absolute Gasteiger partial charge is 0.384 e. The molecule has 5 heteroatoms. The highest BCUT2D eigenvalue weighted by atomic mass is 15.2. The first kappa shape index (κ1) is 11.1. The Kier molecular flexibility index (Phi) is 2.96. The van der Waals surface area contributed by atoms with Crippen LogP contribution in [0.25, 0.3) is 0 Å². The second-order valence-electron chi connectivity index (χ2n) is 4.65. The van der Waals surface area contributed by atoms with Crippen LogP contribution in [0.5, 0.6) is 0 Å². The van der Waals surface area contributed by atoms with Crippen molar-refractivity contribution in [1.29, 1.82) is 0 Å². The Bertz CT molecular complexity index is 359. The number of nitrogens with two attached hydrogens (primary N) is 1. The van der Waals surface area contributed by atoms with Crippen LogP contribution in [-0.4, -0.2) is 41.0 Å². The second-order valence-corrected chi connectivity index (χ2v) is 4.65. The van der Waals surface area contributed by atoms with Crippen LogP contribution in [0.2, 0.25) is 0 Å². The van der Waals surface area contributed by atoms with Gasteiger partial charge in [-0.05, 0) is 33.4 Å². The number of nitrogens with one attached hydrogen (secondary N) is 1. The van der Waals surface area contributed by atoms with Gasteiger partial charge in [-0.3, -0.25) is 0 Å². The molecule has 2 rings (SSSR count). The first-order chi connectivity index (χ1) is 7.62. The summed E-state index contributed by atoms with van der Waals surface area (Å²) in [4.78, 5) is 10.3. The fraction of sp³-hybridized carbons (Fsp3) is 0.636. The quantitative estimate of drug-likeness (QED) is 0.792. The lowest BCUT2D eigenvalue weighted by Gasteiger charge is -2.47. The van der Waals surface area contributed by atoms with Crippen molar-refractivity contribution in [2.75, 3.05) is 31.7 Å². The lowest BCUT2D eigenvalue weighted by atomic mass is 9.75. The summed E-state index contributed by atoms with van der Waals surface area (Å²) in [6, 6.07) is 1.77. The molecule has 0 aromatic carbocycles. The second kappa shape index (κ2) is 4.25. The molecule has 0 unspecified atom stereocenters. The van der Waals surface area contributed by atoms with E-state index in [4.69, 9.17) is 5.73 Å². The molecule has 1 aliphatic rings. The van der Waals surface area contributed by atoms with E-state index < -0.39 is 0 Å². The Morgan fingerprint density at radius 2 is 2.19 bits per heavy atom. The molecule has 0 spiro atoms. The van der Waals surface area contributed by atoms with Gasteiger partial charge in [0.1, 0.15) is 18.0 Å². The number of likely N-dealkylation sites (N-methyl/N-ethyl adjacent to an activating group) is 1. The molecule has 1 aromatic heterocycles. The summed E-state index contributed by atoms with van der Waals surface area (Å²) in [6.45, 7) is 0.913. The van der Waals surface area contributed by atoms with E-state index in [1.807, 2.05) is 0 Å². The normalized spacial score (nSPS) is 18.2. The molecule has 3 N–H and O–H groups in total. The van der Waals surface area contributed by atoms with E-state index in [1.165, 1.54) is 25.6 Å². The summed E-state index contributed by atoms with van der Waals surface area (Å²) in [7, 11) is 4.27. The molecule has 0 saturated heterocycles. The van der Waals surface area contributed by atoms with Gasteiger partial charge >= 0.3 is 0 Å². The average Bonchev–Trinajstić information content (AvgIpc) is 2.15. The molecule has 1 heterocycles. The van der Waals surface area contributed by atoms with Crippen molar-refractivity contribution >= 4 is 11.6 Å². The third-order valence-corrected chi connectivity index (χ3v) is 3.52. The van der Waals surface area contributed by atoms with Crippen molar-refractivity contribution in [2.45, 2.75) is 24.8 Å². The first-order valence-electron chi connectivity index (χ1n) is 5.61. The SMILES string of the molecule is CN(C)C1(CNc2cc(N)ncn2)CCC1. The summed E-state index contributed by atoms with van der Waals surface area (Å²) >= 11 is 0. The summed E-state index contributed by atoms with van der Waals surface area (Å²) in [6.07, 6.45) is 5.29. The van der Waals surface area contributed by atoms with Crippen molar-refractivity contribution in [3.05, 3.63) is 12.4 Å². The topological polar surface area (TPSA) is 67.1 Å². The van der Waals surface area contributed by atoms with Crippen LogP contribution >= 0.6 is 0 Å². The monoisotopic (exact) mass is 221 g/mol. The Morgan fingerprint density at radius 1 is 1.44 bits per heavy atom. The van der Waals surface area contributed by atoms with Crippen LogP contribution in [0.15, 0.2) is 12.4 Å². The standard InChI is InChI=1S/C11H19N5/c1-16(2)11(4-3-5-11)7-13-10-6-9(12)14-8-15-10/h6,8H,3-5,7H2,1-2H3,(H3,12,13,14,15). The summed E-state index contributed by atoms with van der Waals surface area (Å²) < 4.78 is 0. The maximum atomic E-state index is 5.60. The van der Waals surface area contributed by atoms with Crippen LogP contribution in [0.4, 0.5) is 11.6 Å². The molecular formula is C11H19N5. The van der Waals surface area contributed by atoms with Gasteiger partial charge in [-0.1, -0.05) is 0 Å². The molecule has 16 heavy (non-hydrogen) atoms. The number of rotatable bonds is 4. The molecule has 0 aliphatic heterocycles. The van der Waals surface area contributed by atoms with Crippen molar-refractivity contribution in [3.63, 3.8) is 0 Å². The minimum absolute atomic E-state index is 0.291. The number of hydrogen-bond donors (Lipinski definition) is 2. The molecule has 1 aromatic rings. The maximum absolute atomic E-state index is 5.60. The van der Waals surface area contributed by atoms with Gasteiger partial charge in [0.2, 0.25) is 0 Å². The Balaban J connectivity index is 1.96. The first-order valence-corrected chi connectivity index (χ1v) is 5.61. The third-order valence-electron chi connectivity index (χ3n) is 3.52. The summed E-state index contributed by atoms with van der Waals surface area (Å²) in [5.74, 6) is 1.31. The predicted octanol–water partition coefficient (Wildman–Crippen LogP) is 0.955. The van der Waals surface area contributed by atoms with Crippen molar-refractivity contribution < 1.29 is 0 Å². The number of hydrogen-bond acceptors (Lipinski definition) is 5.